The Morgan fingerprint density at radius 3 is 2.29 bits per heavy atom. The van der Waals surface area contributed by atoms with E-state index in [9.17, 15) is 19.7 Å². The first-order valence-corrected chi connectivity index (χ1v) is 9.10. The molecule has 3 aromatic rings. The van der Waals surface area contributed by atoms with E-state index in [1.807, 2.05) is 0 Å². The van der Waals surface area contributed by atoms with Crippen molar-refractivity contribution in [1.82, 2.24) is 5.43 Å². The van der Waals surface area contributed by atoms with E-state index in [0.717, 1.165) is 0 Å². The van der Waals surface area contributed by atoms with Crippen LogP contribution < -0.4 is 15.5 Å². The lowest BCUT2D eigenvalue weighted by Crippen LogP contribution is -2.21. The Balaban J connectivity index is 1.67. The summed E-state index contributed by atoms with van der Waals surface area (Å²) in [5.74, 6) is -0.275. The summed E-state index contributed by atoms with van der Waals surface area (Å²) in [4.78, 5) is 35.2. The van der Waals surface area contributed by atoms with Gasteiger partial charge in [-0.15, -0.1) is 0 Å². The minimum Gasteiger partial charge on any atom is -0.497 e. The number of nitro groups is 1. The van der Waals surface area contributed by atoms with Crippen LogP contribution in [0.15, 0.2) is 77.9 Å². The Bertz CT molecular complexity index is 1130. The average molecular weight is 418 g/mol. The summed E-state index contributed by atoms with van der Waals surface area (Å²) in [6.45, 7) is 0. The molecule has 0 heterocycles. The molecule has 0 saturated carbocycles. The number of ether oxygens (including phenoxy) is 1. The number of nitrogens with one attached hydrogen (secondary N) is 2. The molecule has 0 aliphatic heterocycles. The van der Waals surface area contributed by atoms with Gasteiger partial charge in [0, 0.05) is 17.7 Å². The zero-order chi connectivity index (χ0) is 22.2. The van der Waals surface area contributed by atoms with Crippen molar-refractivity contribution in [3.05, 3.63) is 99.6 Å². The van der Waals surface area contributed by atoms with E-state index in [2.05, 4.69) is 15.8 Å². The van der Waals surface area contributed by atoms with Gasteiger partial charge < -0.3 is 10.1 Å². The van der Waals surface area contributed by atoms with E-state index in [-0.39, 0.29) is 17.2 Å². The Labute approximate surface area is 177 Å². The van der Waals surface area contributed by atoms with Gasteiger partial charge in [0.25, 0.3) is 17.5 Å². The van der Waals surface area contributed by atoms with Crippen molar-refractivity contribution in [2.45, 2.75) is 0 Å². The van der Waals surface area contributed by atoms with E-state index in [1.54, 1.807) is 48.5 Å². The number of hydrazone groups is 1. The van der Waals surface area contributed by atoms with Crippen LogP contribution in [0.2, 0.25) is 0 Å². The molecule has 0 radical (unpaired) electrons. The molecule has 3 rings (SSSR count). The molecular formula is C22H18N4O5. The van der Waals surface area contributed by atoms with Crippen LogP contribution in [0.1, 0.15) is 26.3 Å². The van der Waals surface area contributed by atoms with Crippen molar-refractivity contribution >= 4 is 29.4 Å². The van der Waals surface area contributed by atoms with E-state index in [1.165, 1.54) is 37.6 Å². The third kappa shape index (κ3) is 5.51. The number of non-ortho nitro benzene ring substituents is 1. The number of carbonyl (C=O) groups excluding carboxylic acids is 2. The largest absolute Gasteiger partial charge is 0.497 e. The number of para-hydroxylation sites is 1. The summed E-state index contributed by atoms with van der Waals surface area (Å²) in [7, 11) is 1.54. The molecule has 0 unspecified atom stereocenters. The maximum Gasteiger partial charge on any atom is 0.273 e. The van der Waals surface area contributed by atoms with Crippen molar-refractivity contribution in [2.75, 3.05) is 12.4 Å². The zero-order valence-electron chi connectivity index (χ0n) is 16.4. The van der Waals surface area contributed by atoms with Crippen molar-refractivity contribution < 1.29 is 19.2 Å². The third-order valence-electron chi connectivity index (χ3n) is 4.26. The monoisotopic (exact) mass is 418 g/mol. The Morgan fingerprint density at radius 1 is 0.968 bits per heavy atom. The summed E-state index contributed by atoms with van der Waals surface area (Å²) >= 11 is 0. The van der Waals surface area contributed by atoms with Gasteiger partial charge in [0.1, 0.15) is 5.75 Å². The smallest absolute Gasteiger partial charge is 0.273 e. The standard InChI is InChI=1S/C22H18N4O5/c1-31-18-12-8-16(9-13-18)21(27)24-20-5-3-2-4-19(20)22(28)25-23-14-15-6-10-17(11-7-15)26(29)30/h2-14H,1H3,(H,24,27)(H,25,28)/b23-14-. The van der Waals surface area contributed by atoms with Gasteiger partial charge in [-0.1, -0.05) is 12.1 Å². The second kappa shape index (κ2) is 9.79. The Morgan fingerprint density at radius 2 is 1.65 bits per heavy atom. The molecule has 0 fully saturated rings. The molecule has 0 saturated heterocycles. The number of methoxy groups -OCH3 is 1. The predicted octanol–water partition coefficient (Wildman–Crippen LogP) is 3.62. The maximum absolute atomic E-state index is 12.5. The topological polar surface area (TPSA) is 123 Å². The molecule has 0 aliphatic carbocycles. The molecule has 0 aliphatic rings. The quantitative estimate of drug-likeness (QED) is 0.345. The second-order valence-electron chi connectivity index (χ2n) is 6.28. The number of rotatable bonds is 7. The first kappa shape index (κ1) is 21.2. The van der Waals surface area contributed by atoms with Gasteiger partial charge in [0.05, 0.1) is 29.5 Å². The SMILES string of the molecule is COc1ccc(C(=O)Nc2ccccc2C(=O)N/N=C\c2ccc([N+](=O)[O-])cc2)cc1. The van der Waals surface area contributed by atoms with Crippen molar-refractivity contribution in [3.8, 4) is 5.75 Å². The molecule has 9 heteroatoms. The van der Waals surface area contributed by atoms with Crippen molar-refractivity contribution in [2.24, 2.45) is 5.10 Å². The fourth-order valence-corrected chi connectivity index (χ4v) is 2.63. The van der Waals surface area contributed by atoms with Gasteiger partial charge in [-0.2, -0.15) is 5.10 Å². The Hall–Kier alpha value is -4.53. The van der Waals surface area contributed by atoms with Crippen LogP contribution in [0, 0.1) is 10.1 Å². The number of hydrogen-bond donors (Lipinski definition) is 2. The second-order valence-corrected chi connectivity index (χ2v) is 6.28. The summed E-state index contributed by atoms with van der Waals surface area (Å²) in [5, 5.41) is 17.3. The molecule has 0 spiro atoms. The number of hydrogen-bond acceptors (Lipinski definition) is 6. The van der Waals surface area contributed by atoms with Crippen molar-refractivity contribution in [3.63, 3.8) is 0 Å². The highest BCUT2D eigenvalue weighted by Crippen LogP contribution is 2.18. The zero-order valence-corrected chi connectivity index (χ0v) is 16.4. The number of anilines is 1. The first-order chi connectivity index (χ1) is 15.0. The van der Waals surface area contributed by atoms with Gasteiger partial charge in [0.2, 0.25) is 0 Å². The van der Waals surface area contributed by atoms with Crippen LogP contribution in [0.4, 0.5) is 11.4 Å². The van der Waals surface area contributed by atoms with Gasteiger partial charge in [-0.05, 0) is 54.1 Å². The number of nitro benzene ring substituents is 1. The minimum absolute atomic E-state index is 0.0392. The first-order valence-electron chi connectivity index (χ1n) is 9.10. The van der Waals surface area contributed by atoms with Gasteiger partial charge >= 0.3 is 0 Å². The van der Waals surface area contributed by atoms with Crippen LogP contribution >= 0.6 is 0 Å². The summed E-state index contributed by atoms with van der Waals surface area (Å²) < 4.78 is 5.08. The van der Waals surface area contributed by atoms with Crippen LogP contribution in [0.3, 0.4) is 0 Å². The summed E-state index contributed by atoms with van der Waals surface area (Å²) in [5.41, 5.74) is 3.88. The van der Waals surface area contributed by atoms with Gasteiger partial charge in [-0.25, -0.2) is 5.43 Å². The predicted molar refractivity (Wildman–Crippen MR) is 116 cm³/mol. The molecule has 2 amide bonds. The average Bonchev–Trinajstić information content (AvgIpc) is 2.79. The van der Waals surface area contributed by atoms with Crippen LogP contribution in [-0.4, -0.2) is 30.1 Å². The highest BCUT2D eigenvalue weighted by Gasteiger charge is 2.14. The highest BCUT2D eigenvalue weighted by atomic mass is 16.6. The molecule has 31 heavy (non-hydrogen) atoms. The van der Waals surface area contributed by atoms with E-state index in [0.29, 0.717) is 22.6 Å². The fourth-order valence-electron chi connectivity index (χ4n) is 2.63. The molecule has 0 aromatic heterocycles. The molecule has 9 nitrogen and oxygen atoms in total. The lowest BCUT2D eigenvalue weighted by molar-refractivity contribution is -0.384. The van der Waals surface area contributed by atoms with Crippen LogP contribution in [0.25, 0.3) is 0 Å². The third-order valence-corrected chi connectivity index (χ3v) is 4.26. The molecule has 0 atom stereocenters. The lowest BCUT2D eigenvalue weighted by Gasteiger charge is -2.10. The van der Waals surface area contributed by atoms with E-state index < -0.39 is 10.8 Å². The fraction of sp³-hybridized carbons (Fsp3) is 0.0455. The number of carbonyl (C=O) groups is 2. The van der Waals surface area contributed by atoms with E-state index in [4.69, 9.17) is 4.74 Å². The lowest BCUT2D eigenvalue weighted by atomic mass is 10.1. The molecule has 156 valence electrons. The number of amides is 2. The molecule has 0 bridgehead atoms. The van der Waals surface area contributed by atoms with Crippen LogP contribution in [-0.2, 0) is 0 Å². The number of nitrogens with zero attached hydrogens (tertiary/aromatic N) is 2. The van der Waals surface area contributed by atoms with E-state index >= 15 is 0 Å². The Kier molecular flexibility index (Phi) is 6.69. The molecule has 2 N–H and O–H groups in total. The molecule has 3 aromatic carbocycles. The van der Waals surface area contributed by atoms with Crippen molar-refractivity contribution in [1.29, 1.82) is 0 Å². The van der Waals surface area contributed by atoms with Crippen LogP contribution in [0.5, 0.6) is 5.75 Å². The van der Waals surface area contributed by atoms with Gasteiger partial charge in [0.15, 0.2) is 0 Å². The number of benzene rings is 3. The maximum atomic E-state index is 12.5. The van der Waals surface area contributed by atoms with Gasteiger partial charge in [-0.3, -0.25) is 19.7 Å². The summed E-state index contributed by atoms with van der Waals surface area (Å²) in [6, 6.07) is 18.8. The minimum atomic E-state index is -0.524. The normalized spacial score (nSPS) is 10.5. The summed E-state index contributed by atoms with van der Waals surface area (Å²) in [6.07, 6.45) is 1.36. The highest BCUT2D eigenvalue weighted by molar-refractivity contribution is 6.09. The molecular weight excluding hydrogens is 400 g/mol.